The Morgan fingerprint density at radius 3 is 2.11 bits per heavy atom. The minimum atomic E-state index is -0.897. The summed E-state index contributed by atoms with van der Waals surface area (Å²) < 4.78 is 34.7. The lowest BCUT2D eigenvalue weighted by Gasteiger charge is -2.38. The molecule has 0 bridgehead atoms. The molecule has 3 heteroatoms. The first-order chi connectivity index (χ1) is 13.6. The first kappa shape index (κ1) is 21.2. The van der Waals surface area contributed by atoms with Crippen LogP contribution >= 0.6 is 0 Å². The minimum Gasteiger partial charge on any atom is -0.475 e. The lowest BCUT2D eigenvalue weighted by atomic mass is 9.68. The van der Waals surface area contributed by atoms with Crippen LogP contribution in [-0.4, -0.2) is 6.10 Å². The fraction of sp³-hybridized carbons (Fsp3) is 0.680. The molecule has 0 heterocycles. The number of rotatable bonds is 6. The minimum absolute atomic E-state index is 0.0765. The van der Waals surface area contributed by atoms with Crippen LogP contribution in [0.1, 0.15) is 89.5 Å². The van der Waals surface area contributed by atoms with Crippen molar-refractivity contribution in [1.82, 2.24) is 0 Å². The predicted octanol–water partition coefficient (Wildman–Crippen LogP) is 7.25. The molecular weight excluding hydrogens is 354 g/mol. The van der Waals surface area contributed by atoms with Gasteiger partial charge in [-0.25, -0.2) is 4.39 Å². The molecule has 0 amide bonds. The van der Waals surface area contributed by atoms with E-state index in [-0.39, 0.29) is 11.7 Å². The second kappa shape index (κ2) is 9.77. The van der Waals surface area contributed by atoms with E-state index < -0.39 is 17.7 Å². The van der Waals surface area contributed by atoms with Gasteiger partial charge in [-0.05, 0) is 80.2 Å². The Bertz CT molecular complexity index is 677. The summed E-state index contributed by atoms with van der Waals surface area (Å²) in [6.07, 6.45) is 16.4. The third-order valence-electron chi connectivity index (χ3n) is 7.25. The number of halogens is 2. The van der Waals surface area contributed by atoms with Crippen molar-refractivity contribution in [1.29, 1.82) is 0 Å². The van der Waals surface area contributed by atoms with E-state index >= 15 is 0 Å². The van der Waals surface area contributed by atoms with Crippen LogP contribution in [0.4, 0.5) is 8.78 Å². The van der Waals surface area contributed by atoms with Gasteiger partial charge in [-0.2, -0.15) is 4.39 Å². The second-order valence-corrected chi connectivity index (χ2v) is 8.76. The maximum atomic E-state index is 14.7. The van der Waals surface area contributed by atoms with Crippen molar-refractivity contribution in [2.45, 2.75) is 90.1 Å². The van der Waals surface area contributed by atoms with Crippen LogP contribution in [0.2, 0.25) is 0 Å². The Balaban J connectivity index is 1.60. The van der Waals surface area contributed by atoms with E-state index in [1.54, 1.807) is 12.1 Å². The van der Waals surface area contributed by atoms with Gasteiger partial charge in [-0.15, -0.1) is 6.42 Å². The highest BCUT2D eigenvalue weighted by molar-refractivity contribution is 5.34. The quantitative estimate of drug-likeness (QED) is 0.467. The van der Waals surface area contributed by atoms with Gasteiger partial charge in [-0.1, -0.05) is 45.1 Å². The van der Waals surface area contributed by atoms with E-state index in [4.69, 9.17) is 11.2 Å². The van der Waals surface area contributed by atoms with Crippen molar-refractivity contribution in [3.8, 4) is 18.1 Å². The molecular formula is C25H34F2O. The Labute approximate surface area is 169 Å². The first-order valence-corrected chi connectivity index (χ1v) is 11.2. The Kier molecular flexibility index (Phi) is 7.38. The molecule has 2 aliphatic carbocycles. The highest BCUT2D eigenvalue weighted by atomic mass is 19.2. The molecule has 0 radical (unpaired) electrons. The topological polar surface area (TPSA) is 9.23 Å². The van der Waals surface area contributed by atoms with Crippen molar-refractivity contribution < 1.29 is 13.5 Å². The van der Waals surface area contributed by atoms with Crippen molar-refractivity contribution in [2.24, 2.45) is 17.8 Å². The van der Waals surface area contributed by atoms with Gasteiger partial charge < -0.3 is 4.74 Å². The average Bonchev–Trinajstić information content (AvgIpc) is 2.75. The molecule has 154 valence electrons. The molecule has 0 aromatic heterocycles. The Morgan fingerprint density at radius 2 is 1.57 bits per heavy atom. The molecule has 1 nitrogen and oxygen atoms in total. The summed E-state index contributed by atoms with van der Waals surface area (Å²) in [5.74, 6) is 3.38. The summed E-state index contributed by atoms with van der Waals surface area (Å²) in [4.78, 5) is 0. The van der Waals surface area contributed by atoms with Crippen molar-refractivity contribution in [2.75, 3.05) is 0 Å². The summed E-state index contributed by atoms with van der Waals surface area (Å²) in [6.45, 7) is 4.16. The molecule has 1 unspecified atom stereocenters. The molecule has 1 atom stereocenters. The third kappa shape index (κ3) is 4.70. The zero-order valence-corrected chi connectivity index (χ0v) is 17.4. The van der Waals surface area contributed by atoms with Crippen LogP contribution in [0.3, 0.4) is 0 Å². The Hall–Kier alpha value is -1.56. The molecule has 2 aliphatic rings. The fourth-order valence-electron chi connectivity index (χ4n) is 5.31. The van der Waals surface area contributed by atoms with E-state index in [2.05, 4.69) is 12.8 Å². The number of hydrogen-bond donors (Lipinski definition) is 0. The number of benzene rings is 1. The van der Waals surface area contributed by atoms with E-state index in [1.807, 2.05) is 6.92 Å². The van der Waals surface area contributed by atoms with Gasteiger partial charge in [0, 0.05) is 0 Å². The van der Waals surface area contributed by atoms with Crippen LogP contribution in [-0.2, 0) is 0 Å². The molecule has 2 fully saturated rings. The zero-order chi connectivity index (χ0) is 20.1. The van der Waals surface area contributed by atoms with Crippen molar-refractivity contribution in [3.63, 3.8) is 0 Å². The van der Waals surface area contributed by atoms with Gasteiger partial charge in [0.25, 0.3) is 0 Å². The first-order valence-electron chi connectivity index (χ1n) is 11.2. The third-order valence-corrected chi connectivity index (χ3v) is 7.25. The van der Waals surface area contributed by atoms with Gasteiger partial charge in [0.05, 0.1) is 0 Å². The molecule has 0 saturated heterocycles. The molecule has 0 aliphatic heterocycles. The highest BCUT2D eigenvalue weighted by Gasteiger charge is 2.32. The van der Waals surface area contributed by atoms with Crippen LogP contribution in [0, 0.1) is 41.7 Å². The summed E-state index contributed by atoms with van der Waals surface area (Å²) in [5.41, 5.74) is 0.506. The van der Waals surface area contributed by atoms with Crippen LogP contribution < -0.4 is 4.74 Å². The number of terminal acetylenes is 1. The number of ether oxygens (including phenoxy) is 1. The maximum Gasteiger partial charge on any atom is 0.200 e. The predicted molar refractivity (Wildman–Crippen MR) is 110 cm³/mol. The van der Waals surface area contributed by atoms with E-state index in [0.717, 1.165) is 43.4 Å². The smallest absolute Gasteiger partial charge is 0.200 e. The van der Waals surface area contributed by atoms with Crippen molar-refractivity contribution in [3.05, 3.63) is 29.3 Å². The van der Waals surface area contributed by atoms with Crippen LogP contribution in [0.15, 0.2) is 12.1 Å². The SMILES string of the molecule is C#CC(CC)Oc1ccc(C2CCC(C3CCC(CC)CC3)CC2)c(F)c1F. The zero-order valence-electron chi connectivity index (χ0n) is 17.4. The summed E-state index contributed by atoms with van der Waals surface area (Å²) in [5, 5.41) is 0. The largest absolute Gasteiger partial charge is 0.475 e. The molecule has 0 N–H and O–H groups in total. The molecule has 0 spiro atoms. The normalized spacial score (nSPS) is 29.1. The summed E-state index contributed by atoms with van der Waals surface area (Å²) in [7, 11) is 0. The van der Waals surface area contributed by atoms with Gasteiger partial charge in [0.15, 0.2) is 17.7 Å². The Morgan fingerprint density at radius 1 is 0.964 bits per heavy atom. The van der Waals surface area contributed by atoms with Crippen LogP contribution in [0.25, 0.3) is 0 Å². The molecule has 3 rings (SSSR count). The maximum absolute atomic E-state index is 14.7. The lowest BCUT2D eigenvalue weighted by Crippen LogP contribution is -2.25. The molecule has 28 heavy (non-hydrogen) atoms. The van der Waals surface area contributed by atoms with Gasteiger partial charge in [0.2, 0.25) is 5.82 Å². The molecule has 1 aromatic carbocycles. The van der Waals surface area contributed by atoms with Gasteiger partial charge in [-0.3, -0.25) is 0 Å². The second-order valence-electron chi connectivity index (χ2n) is 8.76. The standard InChI is InChI=1S/C25H34F2O/c1-4-17-7-9-18(10-8-17)19-11-13-20(14-12-19)22-15-16-23(25(27)24(22)26)28-21(5-2)6-3/h2,15-21H,4,6-14H2,1,3H3. The molecule has 1 aromatic rings. The van der Waals surface area contributed by atoms with Gasteiger partial charge in [0.1, 0.15) is 0 Å². The summed E-state index contributed by atoms with van der Waals surface area (Å²) >= 11 is 0. The van der Waals surface area contributed by atoms with E-state index in [1.165, 1.54) is 32.1 Å². The monoisotopic (exact) mass is 388 g/mol. The van der Waals surface area contributed by atoms with E-state index in [9.17, 15) is 8.78 Å². The fourth-order valence-corrected chi connectivity index (χ4v) is 5.31. The van der Waals surface area contributed by atoms with E-state index in [0.29, 0.717) is 12.0 Å². The summed E-state index contributed by atoms with van der Waals surface area (Å²) in [6, 6.07) is 3.25. The lowest BCUT2D eigenvalue weighted by molar-refractivity contribution is 0.157. The van der Waals surface area contributed by atoms with Crippen molar-refractivity contribution >= 4 is 0 Å². The van der Waals surface area contributed by atoms with Gasteiger partial charge >= 0.3 is 0 Å². The number of hydrogen-bond acceptors (Lipinski definition) is 1. The average molecular weight is 389 g/mol. The molecule has 2 saturated carbocycles. The van der Waals surface area contributed by atoms with Crippen LogP contribution in [0.5, 0.6) is 5.75 Å². The highest BCUT2D eigenvalue weighted by Crippen LogP contribution is 2.45.